The molecule has 1 fully saturated rings. The Morgan fingerprint density at radius 1 is 1.27 bits per heavy atom. The average Bonchev–Trinajstić information content (AvgIpc) is 2.49. The predicted octanol–water partition coefficient (Wildman–Crippen LogP) is 3.52. The summed E-state index contributed by atoms with van der Waals surface area (Å²) >= 11 is 2.35. The smallest absolute Gasteiger partial charge is 0.0236 e. The highest BCUT2D eigenvalue weighted by atomic mass is 127. The fourth-order valence-electron chi connectivity index (χ4n) is 2.43. The molecule has 1 aliphatic rings. The van der Waals surface area contributed by atoms with E-state index in [9.17, 15) is 0 Å². The molecule has 0 radical (unpaired) electrons. The molecule has 2 unspecified atom stereocenters. The Morgan fingerprint density at radius 3 is 2.47 bits per heavy atom. The van der Waals surface area contributed by atoms with Crippen LogP contribution in [-0.2, 0) is 6.54 Å². The Balaban J connectivity index is 2.00. The lowest BCUT2D eigenvalue weighted by molar-refractivity contribution is 0.256. The predicted molar refractivity (Wildman–Crippen MR) is 72.8 cm³/mol. The molecule has 1 aromatic rings. The van der Waals surface area contributed by atoms with Gasteiger partial charge in [0, 0.05) is 22.7 Å². The van der Waals surface area contributed by atoms with Crippen LogP contribution in [0.1, 0.15) is 25.8 Å². The van der Waals surface area contributed by atoms with Crippen LogP contribution in [0.4, 0.5) is 0 Å². The second kappa shape index (κ2) is 4.83. The zero-order valence-corrected chi connectivity index (χ0v) is 11.6. The third kappa shape index (κ3) is 2.94. The van der Waals surface area contributed by atoms with Gasteiger partial charge >= 0.3 is 0 Å². The van der Waals surface area contributed by atoms with Gasteiger partial charge in [-0.3, -0.25) is 4.90 Å². The Morgan fingerprint density at radius 2 is 1.93 bits per heavy atom. The topological polar surface area (TPSA) is 3.24 Å². The fourth-order valence-corrected chi connectivity index (χ4v) is 2.79. The molecular weight excluding hydrogens is 297 g/mol. The van der Waals surface area contributed by atoms with Crippen molar-refractivity contribution >= 4 is 22.6 Å². The van der Waals surface area contributed by atoms with Gasteiger partial charge in [0.25, 0.3) is 0 Å². The van der Waals surface area contributed by atoms with Crippen molar-refractivity contribution in [1.82, 2.24) is 4.90 Å². The fraction of sp³-hybridized carbons (Fsp3) is 0.538. The van der Waals surface area contributed by atoms with Gasteiger partial charge in [-0.2, -0.15) is 0 Å². The quantitative estimate of drug-likeness (QED) is 0.755. The molecule has 1 aromatic carbocycles. The standard InChI is InChI=1S/C13H18IN/c1-10-7-11(2)15(8-10)9-12-3-5-13(14)6-4-12/h3-6,10-11H,7-9H2,1-2H3. The van der Waals surface area contributed by atoms with Crippen molar-refractivity contribution in [2.24, 2.45) is 5.92 Å². The van der Waals surface area contributed by atoms with Crippen LogP contribution >= 0.6 is 22.6 Å². The number of hydrogen-bond donors (Lipinski definition) is 0. The van der Waals surface area contributed by atoms with E-state index in [1.54, 1.807) is 0 Å². The maximum absolute atomic E-state index is 2.59. The first-order valence-electron chi connectivity index (χ1n) is 5.63. The van der Waals surface area contributed by atoms with E-state index in [-0.39, 0.29) is 0 Å². The normalized spacial score (nSPS) is 27.1. The summed E-state index contributed by atoms with van der Waals surface area (Å²) in [4.78, 5) is 2.59. The molecule has 82 valence electrons. The first-order chi connectivity index (χ1) is 7.15. The number of hydrogen-bond acceptors (Lipinski definition) is 1. The van der Waals surface area contributed by atoms with Crippen molar-refractivity contribution in [3.63, 3.8) is 0 Å². The van der Waals surface area contributed by atoms with E-state index in [1.165, 1.54) is 22.1 Å². The molecule has 0 aliphatic carbocycles. The summed E-state index contributed by atoms with van der Waals surface area (Å²) in [6.45, 7) is 7.07. The van der Waals surface area contributed by atoms with Crippen LogP contribution in [-0.4, -0.2) is 17.5 Å². The van der Waals surface area contributed by atoms with E-state index in [0.717, 1.165) is 18.5 Å². The lowest BCUT2D eigenvalue weighted by Crippen LogP contribution is -2.26. The molecule has 0 bridgehead atoms. The second-order valence-corrected chi connectivity index (χ2v) is 5.99. The zero-order chi connectivity index (χ0) is 10.8. The number of rotatable bonds is 2. The zero-order valence-electron chi connectivity index (χ0n) is 9.41. The van der Waals surface area contributed by atoms with Crippen molar-refractivity contribution in [2.75, 3.05) is 6.54 Å². The molecule has 0 saturated carbocycles. The van der Waals surface area contributed by atoms with Crippen LogP contribution in [0.2, 0.25) is 0 Å². The summed E-state index contributed by atoms with van der Waals surface area (Å²) in [7, 11) is 0. The van der Waals surface area contributed by atoms with E-state index in [2.05, 4.69) is 65.6 Å². The van der Waals surface area contributed by atoms with Crippen LogP contribution in [0.3, 0.4) is 0 Å². The summed E-state index contributed by atoms with van der Waals surface area (Å²) in [5.41, 5.74) is 1.44. The minimum atomic E-state index is 0.749. The Kier molecular flexibility index (Phi) is 3.67. The van der Waals surface area contributed by atoms with Crippen molar-refractivity contribution in [3.05, 3.63) is 33.4 Å². The molecule has 2 atom stereocenters. The molecule has 2 rings (SSSR count). The summed E-state index contributed by atoms with van der Waals surface area (Å²) in [5, 5.41) is 0. The maximum atomic E-state index is 2.59. The molecule has 1 saturated heterocycles. The summed E-state index contributed by atoms with van der Waals surface area (Å²) < 4.78 is 1.32. The van der Waals surface area contributed by atoms with Gasteiger partial charge in [0.2, 0.25) is 0 Å². The van der Waals surface area contributed by atoms with E-state index in [1.807, 2.05) is 0 Å². The molecule has 0 aromatic heterocycles. The van der Waals surface area contributed by atoms with Crippen molar-refractivity contribution < 1.29 is 0 Å². The van der Waals surface area contributed by atoms with Gasteiger partial charge in [0.15, 0.2) is 0 Å². The van der Waals surface area contributed by atoms with Gasteiger partial charge in [0.05, 0.1) is 0 Å². The number of likely N-dealkylation sites (tertiary alicyclic amines) is 1. The minimum absolute atomic E-state index is 0.749. The molecule has 1 aliphatic heterocycles. The van der Waals surface area contributed by atoms with E-state index >= 15 is 0 Å². The lowest BCUT2D eigenvalue weighted by atomic mass is 10.1. The maximum Gasteiger partial charge on any atom is 0.0236 e. The Hall–Kier alpha value is -0.0900. The van der Waals surface area contributed by atoms with Crippen LogP contribution in [0.15, 0.2) is 24.3 Å². The van der Waals surface area contributed by atoms with Crippen LogP contribution in [0.5, 0.6) is 0 Å². The van der Waals surface area contributed by atoms with E-state index in [4.69, 9.17) is 0 Å². The lowest BCUT2D eigenvalue weighted by Gasteiger charge is -2.20. The highest BCUT2D eigenvalue weighted by Gasteiger charge is 2.25. The molecule has 0 spiro atoms. The molecule has 0 N–H and O–H groups in total. The van der Waals surface area contributed by atoms with E-state index in [0.29, 0.717) is 0 Å². The number of halogens is 1. The Bertz CT molecular complexity index is 320. The largest absolute Gasteiger partial charge is 0.296 e. The monoisotopic (exact) mass is 315 g/mol. The van der Waals surface area contributed by atoms with Crippen LogP contribution in [0.25, 0.3) is 0 Å². The average molecular weight is 315 g/mol. The summed E-state index contributed by atoms with van der Waals surface area (Å²) in [6, 6.07) is 9.63. The molecular formula is C13H18IN. The first kappa shape index (κ1) is 11.4. The van der Waals surface area contributed by atoms with Gasteiger partial charge in [-0.05, 0) is 59.5 Å². The third-order valence-electron chi connectivity index (χ3n) is 3.21. The number of benzene rings is 1. The van der Waals surface area contributed by atoms with Crippen molar-refractivity contribution in [2.45, 2.75) is 32.9 Å². The SMILES string of the molecule is CC1CC(C)N(Cc2ccc(I)cc2)C1. The highest BCUT2D eigenvalue weighted by Crippen LogP contribution is 2.24. The van der Waals surface area contributed by atoms with Gasteiger partial charge in [-0.1, -0.05) is 19.1 Å². The van der Waals surface area contributed by atoms with E-state index < -0.39 is 0 Å². The van der Waals surface area contributed by atoms with Crippen LogP contribution < -0.4 is 0 Å². The van der Waals surface area contributed by atoms with Gasteiger partial charge in [-0.25, -0.2) is 0 Å². The van der Waals surface area contributed by atoms with Gasteiger partial charge in [-0.15, -0.1) is 0 Å². The van der Waals surface area contributed by atoms with Gasteiger partial charge in [0.1, 0.15) is 0 Å². The second-order valence-electron chi connectivity index (χ2n) is 4.75. The van der Waals surface area contributed by atoms with Crippen molar-refractivity contribution in [1.29, 1.82) is 0 Å². The Labute approximate surface area is 106 Å². The van der Waals surface area contributed by atoms with Crippen molar-refractivity contribution in [3.8, 4) is 0 Å². The first-order valence-corrected chi connectivity index (χ1v) is 6.71. The molecule has 2 heteroatoms. The number of nitrogens with zero attached hydrogens (tertiary/aromatic N) is 1. The molecule has 0 amide bonds. The highest BCUT2D eigenvalue weighted by molar-refractivity contribution is 14.1. The van der Waals surface area contributed by atoms with Crippen LogP contribution in [0, 0.1) is 9.49 Å². The summed E-state index contributed by atoms with van der Waals surface area (Å²) in [5.74, 6) is 0.865. The molecule has 1 nitrogen and oxygen atoms in total. The third-order valence-corrected chi connectivity index (χ3v) is 3.93. The van der Waals surface area contributed by atoms with Gasteiger partial charge < -0.3 is 0 Å². The summed E-state index contributed by atoms with van der Waals surface area (Å²) in [6.07, 6.45) is 1.35. The molecule has 15 heavy (non-hydrogen) atoms. The minimum Gasteiger partial charge on any atom is -0.296 e. The molecule has 1 heterocycles.